The smallest absolute Gasteiger partial charge is 0.0850 e. The number of nitrogens with two attached hydrogens (primary N) is 1. The van der Waals surface area contributed by atoms with Gasteiger partial charge in [-0.05, 0) is 33.1 Å². The van der Waals surface area contributed by atoms with Gasteiger partial charge in [0.15, 0.2) is 0 Å². The fraction of sp³-hybridized carbons (Fsp3) is 0.812. The minimum absolute atomic E-state index is 0.0455. The van der Waals surface area contributed by atoms with Crippen LogP contribution >= 0.6 is 11.6 Å². The van der Waals surface area contributed by atoms with Crippen LogP contribution in [0.1, 0.15) is 46.0 Å². The van der Waals surface area contributed by atoms with Crippen LogP contribution in [0.15, 0.2) is 0 Å². The molecule has 1 aromatic heterocycles. The highest BCUT2D eigenvalue weighted by Crippen LogP contribution is 2.35. The first-order valence-corrected chi connectivity index (χ1v) is 8.43. The summed E-state index contributed by atoms with van der Waals surface area (Å²) in [6.07, 6.45) is 2.08. The van der Waals surface area contributed by atoms with Crippen molar-refractivity contribution in [1.29, 1.82) is 0 Å². The number of hydrogen-bond acceptors (Lipinski definition) is 3. The summed E-state index contributed by atoms with van der Waals surface area (Å²) in [6.45, 7) is 11.5. The summed E-state index contributed by atoms with van der Waals surface area (Å²) in [5.74, 6) is 0.832. The molecule has 0 saturated carbocycles. The van der Waals surface area contributed by atoms with Gasteiger partial charge < -0.3 is 10.5 Å². The van der Waals surface area contributed by atoms with Gasteiger partial charge in [0.05, 0.1) is 28.6 Å². The molecule has 5 atom stereocenters. The van der Waals surface area contributed by atoms with Crippen molar-refractivity contribution < 1.29 is 4.74 Å². The second-order valence-electron chi connectivity index (χ2n) is 6.23. The lowest BCUT2D eigenvalue weighted by Crippen LogP contribution is -2.39. The average molecular weight is 314 g/mol. The van der Waals surface area contributed by atoms with Crippen LogP contribution in [0.2, 0.25) is 5.02 Å². The molecule has 2 heterocycles. The molecule has 0 amide bonds. The summed E-state index contributed by atoms with van der Waals surface area (Å²) in [5, 5.41) is 5.37. The first kappa shape index (κ1) is 16.8. The Hall–Kier alpha value is -0.580. The van der Waals surface area contributed by atoms with Gasteiger partial charge in [-0.25, -0.2) is 0 Å². The van der Waals surface area contributed by atoms with Crippen LogP contribution in [0.5, 0.6) is 0 Å². The third-order valence-electron chi connectivity index (χ3n) is 4.94. The molecule has 0 radical (unpaired) electrons. The number of nitrogens with zero attached hydrogens (tertiary/aromatic N) is 2. The molecule has 0 aromatic carbocycles. The number of ether oxygens (including phenoxy) is 1. The Labute approximate surface area is 133 Å². The Morgan fingerprint density at radius 1 is 1.29 bits per heavy atom. The van der Waals surface area contributed by atoms with Crippen LogP contribution in [0.25, 0.3) is 0 Å². The summed E-state index contributed by atoms with van der Waals surface area (Å²) < 4.78 is 7.92. The van der Waals surface area contributed by atoms with Crippen LogP contribution in [-0.2, 0) is 24.1 Å². The van der Waals surface area contributed by atoms with Crippen molar-refractivity contribution in [1.82, 2.24) is 9.78 Å². The average Bonchev–Trinajstić information content (AvgIpc) is 2.88. The van der Waals surface area contributed by atoms with E-state index in [1.54, 1.807) is 0 Å². The maximum absolute atomic E-state index is 6.52. The zero-order chi connectivity index (χ0) is 15.7. The molecule has 5 unspecified atom stereocenters. The van der Waals surface area contributed by atoms with Gasteiger partial charge in [0.25, 0.3) is 0 Å². The monoisotopic (exact) mass is 313 g/mol. The van der Waals surface area contributed by atoms with Crippen molar-refractivity contribution in [2.45, 2.75) is 72.3 Å². The number of rotatable bonds is 5. The summed E-state index contributed by atoms with van der Waals surface area (Å²) in [5.41, 5.74) is 8.56. The standard InChI is InChI=1S/C16H28ClN3O/c1-6-13-16(17)14(20(7-2)19-13)8-12(18)15-9(3)10(4)21-11(15)5/h9-12,15H,6-8,18H2,1-5H3. The predicted molar refractivity (Wildman–Crippen MR) is 86.6 cm³/mol. The molecular formula is C16H28ClN3O. The lowest BCUT2D eigenvalue weighted by molar-refractivity contribution is 0.0489. The maximum atomic E-state index is 6.52. The highest BCUT2D eigenvalue weighted by molar-refractivity contribution is 6.31. The molecule has 0 aliphatic carbocycles. The van der Waals surface area contributed by atoms with Crippen molar-refractivity contribution >= 4 is 11.6 Å². The Morgan fingerprint density at radius 2 is 1.95 bits per heavy atom. The van der Waals surface area contributed by atoms with Crippen molar-refractivity contribution in [3.8, 4) is 0 Å². The third-order valence-corrected chi connectivity index (χ3v) is 5.37. The molecule has 0 bridgehead atoms. The van der Waals surface area contributed by atoms with E-state index in [1.807, 2.05) is 4.68 Å². The topological polar surface area (TPSA) is 53.1 Å². The van der Waals surface area contributed by atoms with E-state index in [-0.39, 0.29) is 18.2 Å². The molecule has 1 aliphatic rings. The summed E-state index contributed by atoms with van der Waals surface area (Å²) in [4.78, 5) is 0. The SMILES string of the molecule is CCc1nn(CC)c(CC(N)C2C(C)OC(C)C2C)c1Cl. The Morgan fingerprint density at radius 3 is 2.43 bits per heavy atom. The predicted octanol–water partition coefficient (Wildman–Crippen LogP) is 3.05. The summed E-state index contributed by atoms with van der Waals surface area (Å²) in [6, 6.07) is 0.0455. The second-order valence-corrected chi connectivity index (χ2v) is 6.61. The number of halogens is 1. The molecule has 1 fully saturated rings. The van der Waals surface area contributed by atoms with Gasteiger partial charge in [0.2, 0.25) is 0 Å². The molecule has 5 heteroatoms. The van der Waals surface area contributed by atoms with Gasteiger partial charge >= 0.3 is 0 Å². The first-order valence-electron chi connectivity index (χ1n) is 8.05. The van der Waals surface area contributed by atoms with Crippen molar-refractivity contribution in [3.63, 3.8) is 0 Å². The van der Waals surface area contributed by atoms with Gasteiger partial charge in [-0.1, -0.05) is 25.4 Å². The van der Waals surface area contributed by atoms with E-state index in [4.69, 9.17) is 22.1 Å². The van der Waals surface area contributed by atoms with E-state index in [9.17, 15) is 0 Å². The van der Waals surface area contributed by atoms with Gasteiger partial charge in [-0.3, -0.25) is 4.68 Å². The first-order chi connectivity index (χ1) is 9.90. The molecule has 1 aliphatic heterocycles. The Kier molecular flexibility index (Phi) is 5.33. The lowest BCUT2D eigenvalue weighted by Gasteiger charge is -2.26. The molecule has 4 nitrogen and oxygen atoms in total. The van der Waals surface area contributed by atoms with Gasteiger partial charge in [0, 0.05) is 24.9 Å². The number of aromatic nitrogens is 2. The van der Waals surface area contributed by atoms with Crippen LogP contribution in [0.4, 0.5) is 0 Å². The molecule has 1 aromatic rings. The molecule has 2 N–H and O–H groups in total. The van der Waals surface area contributed by atoms with E-state index in [0.717, 1.165) is 35.8 Å². The second kappa shape index (κ2) is 6.67. The summed E-state index contributed by atoms with van der Waals surface area (Å²) >= 11 is 6.49. The van der Waals surface area contributed by atoms with Crippen LogP contribution < -0.4 is 5.73 Å². The van der Waals surface area contributed by atoms with Gasteiger partial charge in [0.1, 0.15) is 0 Å². The van der Waals surface area contributed by atoms with E-state index in [1.165, 1.54) is 0 Å². The zero-order valence-electron chi connectivity index (χ0n) is 13.8. The Balaban J connectivity index is 2.20. The zero-order valence-corrected chi connectivity index (χ0v) is 14.5. The molecule has 1 saturated heterocycles. The fourth-order valence-corrected chi connectivity index (χ4v) is 3.95. The molecule has 0 spiro atoms. The van der Waals surface area contributed by atoms with Crippen molar-refractivity contribution in [3.05, 3.63) is 16.4 Å². The van der Waals surface area contributed by atoms with Crippen molar-refractivity contribution in [2.75, 3.05) is 0 Å². The third kappa shape index (κ3) is 3.13. The largest absolute Gasteiger partial charge is 0.375 e. The normalized spacial score (nSPS) is 30.8. The van der Waals surface area contributed by atoms with E-state index >= 15 is 0 Å². The van der Waals surface area contributed by atoms with Gasteiger partial charge in [-0.2, -0.15) is 5.10 Å². The lowest BCUT2D eigenvalue weighted by atomic mass is 9.82. The summed E-state index contributed by atoms with van der Waals surface area (Å²) in [7, 11) is 0. The Bertz CT molecular complexity index is 488. The highest BCUT2D eigenvalue weighted by Gasteiger charge is 2.40. The van der Waals surface area contributed by atoms with Crippen LogP contribution in [-0.4, -0.2) is 28.0 Å². The molecule has 21 heavy (non-hydrogen) atoms. The number of hydrogen-bond donors (Lipinski definition) is 1. The van der Waals surface area contributed by atoms with E-state index < -0.39 is 0 Å². The minimum atomic E-state index is 0.0455. The molecular weight excluding hydrogens is 286 g/mol. The molecule has 2 rings (SSSR count). The van der Waals surface area contributed by atoms with Gasteiger partial charge in [-0.15, -0.1) is 0 Å². The van der Waals surface area contributed by atoms with E-state index in [2.05, 4.69) is 39.7 Å². The molecule has 120 valence electrons. The quantitative estimate of drug-likeness (QED) is 0.909. The van der Waals surface area contributed by atoms with Crippen LogP contribution in [0, 0.1) is 11.8 Å². The van der Waals surface area contributed by atoms with E-state index in [0.29, 0.717) is 11.8 Å². The maximum Gasteiger partial charge on any atom is 0.0850 e. The fourth-order valence-electron chi connectivity index (χ4n) is 3.60. The van der Waals surface area contributed by atoms with Crippen LogP contribution in [0.3, 0.4) is 0 Å². The minimum Gasteiger partial charge on any atom is -0.375 e. The number of aryl methyl sites for hydroxylation is 2. The van der Waals surface area contributed by atoms with Crippen molar-refractivity contribution in [2.24, 2.45) is 17.6 Å². The highest BCUT2D eigenvalue weighted by atomic mass is 35.5.